The van der Waals surface area contributed by atoms with Gasteiger partial charge in [0.15, 0.2) is 5.43 Å². The van der Waals surface area contributed by atoms with Crippen molar-refractivity contribution in [3.05, 3.63) is 58.8 Å². The zero-order chi connectivity index (χ0) is 17.1. The number of benzene rings is 2. The molecule has 0 aliphatic rings. The number of amides is 1. The third-order valence-corrected chi connectivity index (χ3v) is 3.54. The Hall–Kier alpha value is -3.28. The molecule has 2 aromatic carbocycles. The summed E-state index contributed by atoms with van der Waals surface area (Å²) in [7, 11) is 0. The number of aromatic amines is 1. The molecule has 0 aliphatic heterocycles. The number of nitrogens with one attached hydrogen (secondary N) is 2. The highest BCUT2D eigenvalue weighted by Crippen LogP contribution is 2.27. The zero-order valence-electron chi connectivity index (χ0n) is 13.0. The zero-order valence-corrected chi connectivity index (χ0v) is 13.0. The van der Waals surface area contributed by atoms with E-state index >= 15 is 0 Å². The second kappa shape index (κ2) is 6.45. The van der Waals surface area contributed by atoms with Crippen LogP contribution in [0, 0.1) is 0 Å². The smallest absolute Gasteiger partial charge is 0.411 e. The summed E-state index contributed by atoms with van der Waals surface area (Å²) < 4.78 is 4.89. The van der Waals surface area contributed by atoms with E-state index in [-0.39, 0.29) is 17.8 Å². The summed E-state index contributed by atoms with van der Waals surface area (Å²) in [5.74, 6) is 0.0325. The number of carbonyl (C=O) groups excluding carboxylic acids is 1. The van der Waals surface area contributed by atoms with Crippen molar-refractivity contribution in [2.75, 3.05) is 11.9 Å². The lowest BCUT2D eigenvalue weighted by molar-refractivity contribution is 0.168. The van der Waals surface area contributed by atoms with E-state index in [9.17, 15) is 14.7 Å². The van der Waals surface area contributed by atoms with Gasteiger partial charge in [-0.05, 0) is 31.2 Å². The van der Waals surface area contributed by atoms with Gasteiger partial charge in [0.05, 0.1) is 18.0 Å². The van der Waals surface area contributed by atoms with Crippen LogP contribution in [0.1, 0.15) is 6.92 Å². The van der Waals surface area contributed by atoms with E-state index in [4.69, 9.17) is 4.74 Å². The Morgan fingerprint density at radius 1 is 1.21 bits per heavy atom. The van der Waals surface area contributed by atoms with E-state index in [0.29, 0.717) is 27.8 Å². The molecule has 0 saturated heterocycles. The number of aromatic nitrogens is 1. The predicted molar refractivity (Wildman–Crippen MR) is 92.3 cm³/mol. The molecule has 3 aromatic rings. The average Bonchev–Trinajstić information content (AvgIpc) is 2.56. The molecule has 0 bridgehead atoms. The van der Waals surface area contributed by atoms with Crippen LogP contribution in [-0.4, -0.2) is 22.8 Å². The lowest BCUT2D eigenvalue weighted by Gasteiger charge is -2.12. The van der Waals surface area contributed by atoms with Crippen molar-refractivity contribution in [3.63, 3.8) is 0 Å². The standard InChI is InChI=1S/C18H16N2O4/c1-2-24-18(23)20-14-6-4-3-5-12(14)16-10-17(22)13-9-11(21)7-8-15(13)19-16/h3-10,21H,2H2,1H3,(H,19,22)(H,20,23). The molecule has 6 nitrogen and oxygen atoms in total. The van der Waals surface area contributed by atoms with E-state index in [0.717, 1.165) is 0 Å². The van der Waals surface area contributed by atoms with Gasteiger partial charge >= 0.3 is 6.09 Å². The van der Waals surface area contributed by atoms with E-state index in [1.165, 1.54) is 18.2 Å². The van der Waals surface area contributed by atoms with Gasteiger partial charge in [-0.25, -0.2) is 4.79 Å². The number of fused-ring (bicyclic) bond motifs is 1. The number of pyridine rings is 1. The number of phenols is 1. The maximum Gasteiger partial charge on any atom is 0.411 e. The molecule has 3 N–H and O–H groups in total. The fourth-order valence-corrected chi connectivity index (χ4v) is 2.48. The van der Waals surface area contributed by atoms with E-state index in [1.54, 1.807) is 31.2 Å². The van der Waals surface area contributed by atoms with Crippen molar-refractivity contribution in [2.45, 2.75) is 6.92 Å². The van der Waals surface area contributed by atoms with Crippen molar-refractivity contribution >= 4 is 22.7 Å². The van der Waals surface area contributed by atoms with Gasteiger partial charge in [-0.1, -0.05) is 18.2 Å². The molecule has 0 saturated carbocycles. The van der Waals surface area contributed by atoms with Crippen molar-refractivity contribution < 1.29 is 14.6 Å². The van der Waals surface area contributed by atoms with Gasteiger partial charge in [0.1, 0.15) is 5.75 Å². The number of phenolic OH excluding ortho intramolecular Hbond substituents is 1. The fourth-order valence-electron chi connectivity index (χ4n) is 2.48. The summed E-state index contributed by atoms with van der Waals surface area (Å²) in [5.41, 5.74) is 2.13. The van der Waals surface area contributed by atoms with Gasteiger partial charge in [-0.2, -0.15) is 0 Å². The molecule has 0 atom stereocenters. The Labute approximate surface area is 137 Å². The SMILES string of the molecule is CCOC(=O)Nc1ccccc1-c1cc(=O)c2cc(O)ccc2[nH]1. The number of hydrogen-bond donors (Lipinski definition) is 3. The Morgan fingerprint density at radius 3 is 2.79 bits per heavy atom. The van der Waals surface area contributed by atoms with Gasteiger partial charge in [0, 0.05) is 22.5 Å². The summed E-state index contributed by atoms with van der Waals surface area (Å²) >= 11 is 0. The molecule has 122 valence electrons. The minimum atomic E-state index is -0.557. The van der Waals surface area contributed by atoms with Crippen LogP contribution in [0.25, 0.3) is 22.2 Å². The highest BCUT2D eigenvalue weighted by molar-refractivity contribution is 5.92. The number of ether oxygens (including phenoxy) is 1. The molecule has 1 amide bonds. The topological polar surface area (TPSA) is 91.4 Å². The van der Waals surface area contributed by atoms with E-state index in [1.807, 2.05) is 6.07 Å². The van der Waals surface area contributed by atoms with Crippen LogP contribution in [0.15, 0.2) is 53.3 Å². The fraction of sp³-hybridized carbons (Fsp3) is 0.111. The van der Waals surface area contributed by atoms with Crippen LogP contribution in [0.3, 0.4) is 0 Å². The molecule has 0 fully saturated rings. The Kier molecular flexibility index (Phi) is 4.20. The van der Waals surface area contributed by atoms with Gasteiger partial charge in [0.25, 0.3) is 0 Å². The lowest BCUT2D eigenvalue weighted by atomic mass is 10.1. The molecule has 1 heterocycles. The van der Waals surface area contributed by atoms with Crippen LogP contribution >= 0.6 is 0 Å². The number of H-pyrrole nitrogens is 1. The van der Waals surface area contributed by atoms with Crippen LogP contribution in [-0.2, 0) is 4.74 Å². The Bertz CT molecular complexity index is 963. The third kappa shape index (κ3) is 3.08. The maximum atomic E-state index is 12.3. The van der Waals surface area contributed by atoms with Gasteiger partial charge in [-0.3, -0.25) is 10.1 Å². The number of anilines is 1. The first-order valence-electron chi connectivity index (χ1n) is 7.47. The number of rotatable bonds is 3. The second-order valence-corrected chi connectivity index (χ2v) is 5.17. The Morgan fingerprint density at radius 2 is 2.00 bits per heavy atom. The molecule has 1 aromatic heterocycles. The number of hydrogen-bond acceptors (Lipinski definition) is 4. The first-order valence-corrected chi connectivity index (χ1v) is 7.47. The van der Waals surface area contributed by atoms with Crippen molar-refractivity contribution in [2.24, 2.45) is 0 Å². The van der Waals surface area contributed by atoms with Crippen LogP contribution in [0.5, 0.6) is 5.75 Å². The van der Waals surface area contributed by atoms with E-state index in [2.05, 4.69) is 10.3 Å². The van der Waals surface area contributed by atoms with Crippen LogP contribution in [0.4, 0.5) is 10.5 Å². The molecule has 0 aliphatic carbocycles. The molecule has 0 unspecified atom stereocenters. The maximum absolute atomic E-state index is 12.3. The quantitative estimate of drug-likeness (QED) is 0.688. The number of aromatic hydroxyl groups is 1. The monoisotopic (exact) mass is 324 g/mol. The molecule has 3 rings (SSSR count). The molecule has 0 spiro atoms. The van der Waals surface area contributed by atoms with E-state index < -0.39 is 6.09 Å². The van der Waals surface area contributed by atoms with Gasteiger partial charge < -0.3 is 14.8 Å². The summed E-state index contributed by atoms with van der Waals surface area (Å²) in [4.78, 5) is 27.2. The molecule has 6 heteroatoms. The second-order valence-electron chi connectivity index (χ2n) is 5.17. The van der Waals surface area contributed by atoms with Crippen LogP contribution in [0.2, 0.25) is 0 Å². The molecular formula is C18H16N2O4. The van der Waals surface area contributed by atoms with Gasteiger partial charge in [-0.15, -0.1) is 0 Å². The first-order chi connectivity index (χ1) is 11.6. The summed E-state index contributed by atoms with van der Waals surface area (Å²) in [6, 6.07) is 13.1. The highest BCUT2D eigenvalue weighted by Gasteiger charge is 2.11. The van der Waals surface area contributed by atoms with Crippen LogP contribution < -0.4 is 10.7 Å². The average molecular weight is 324 g/mol. The molecular weight excluding hydrogens is 308 g/mol. The summed E-state index contributed by atoms with van der Waals surface area (Å²) in [6.45, 7) is 1.99. The number of para-hydroxylation sites is 1. The summed E-state index contributed by atoms with van der Waals surface area (Å²) in [6.07, 6.45) is -0.557. The van der Waals surface area contributed by atoms with Gasteiger partial charge in [0.2, 0.25) is 0 Å². The minimum absolute atomic E-state index is 0.0325. The third-order valence-electron chi connectivity index (χ3n) is 3.54. The molecule has 0 radical (unpaired) electrons. The first kappa shape index (κ1) is 15.6. The minimum Gasteiger partial charge on any atom is -0.508 e. The van der Waals surface area contributed by atoms with Crippen molar-refractivity contribution in [3.8, 4) is 17.0 Å². The highest BCUT2D eigenvalue weighted by atomic mass is 16.5. The van der Waals surface area contributed by atoms with Crippen molar-refractivity contribution in [1.29, 1.82) is 0 Å². The Balaban J connectivity index is 2.09. The predicted octanol–water partition coefficient (Wildman–Crippen LogP) is 3.47. The number of carbonyl (C=O) groups is 1. The largest absolute Gasteiger partial charge is 0.508 e. The normalized spacial score (nSPS) is 10.5. The van der Waals surface area contributed by atoms with Crippen molar-refractivity contribution in [1.82, 2.24) is 4.98 Å². The lowest BCUT2D eigenvalue weighted by Crippen LogP contribution is -2.14. The molecule has 24 heavy (non-hydrogen) atoms. The summed E-state index contributed by atoms with van der Waals surface area (Å²) in [5, 5.41) is 12.6.